The van der Waals surface area contributed by atoms with Gasteiger partial charge in [0.2, 0.25) is 0 Å². The van der Waals surface area contributed by atoms with Crippen molar-refractivity contribution >= 4 is 24.2 Å². The summed E-state index contributed by atoms with van der Waals surface area (Å²) in [5.74, 6) is 1.01. The number of hydrogen-bond acceptors (Lipinski definition) is 2. The molecule has 1 unspecified atom stereocenters. The van der Waals surface area contributed by atoms with Gasteiger partial charge in [0.1, 0.15) is 0 Å². The smallest absolute Gasteiger partial charge is 0.0481 e. The molecule has 0 saturated heterocycles. The fourth-order valence-electron chi connectivity index (χ4n) is 0.802. The Morgan fingerprint density at radius 1 is 1.33 bits per heavy atom. The van der Waals surface area contributed by atoms with Crippen LogP contribution >= 0.6 is 24.2 Å². The van der Waals surface area contributed by atoms with E-state index in [1.54, 1.807) is 11.8 Å². The highest BCUT2D eigenvalue weighted by molar-refractivity contribution is 7.99. The van der Waals surface area contributed by atoms with Gasteiger partial charge >= 0.3 is 0 Å². The maximum absolute atomic E-state index is 5.60. The molecule has 0 spiro atoms. The number of benzene rings is 1. The van der Waals surface area contributed by atoms with E-state index in [0.29, 0.717) is 0 Å². The van der Waals surface area contributed by atoms with Crippen molar-refractivity contribution in [3.8, 4) is 0 Å². The van der Waals surface area contributed by atoms with Crippen LogP contribution in [0.4, 0.5) is 0 Å². The first-order valence-corrected chi connectivity index (χ1v) is 4.75. The molecule has 0 bridgehead atoms. The molecular formula is C9H14ClNS. The van der Waals surface area contributed by atoms with Crippen LogP contribution in [-0.2, 0) is 5.75 Å². The third-order valence-electron chi connectivity index (χ3n) is 1.36. The van der Waals surface area contributed by atoms with Gasteiger partial charge in [0.25, 0.3) is 0 Å². The lowest BCUT2D eigenvalue weighted by Crippen LogP contribution is -2.09. The molecule has 12 heavy (non-hydrogen) atoms. The van der Waals surface area contributed by atoms with Crippen molar-refractivity contribution in [2.24, 2.45) is 5.73 Å². The van der Waals surface area contributed by atoms with Crippen LogP contribution in [0.3, 0.4) is 0 Å². The fraction of sp³-hybridized carbons (Fsp3) is 0.333. The SMILES string of the molecule is CC(N)SCc1ccccc1.Cl. The summed E-state index contributed by atoms with van der Waals surface area (Å²) in [7, 11) is 0. The highest BCUT2D eigenvalue weighted by Crippen LogP contribution is 2.13. The van der Waals surface area contributed by atoms with E-state index < -0.39 is 0 Å². The molecule has 1 aromatic rings. The second kappa shape index (κ2) is 6.35. The first-order valence-electron chi connectivity index (χ1n) is 3.70. The highest BCUT2D eigenvalue weighted by atomic mass is 35.5. The van der Waals surface area contributed by atoms with Crippen LogP contribution in [0.15, 0.2) is 30.3 Å². The van der Waals surface area contributed by atoms with Gasteiger partial charge in [0.15, 0.2) is 0 Å². The summed E-state index contributed by atoms with van der Waals surface area (Å²) in [5.41, 5.74) is 6.95. The second-order valence-electron chi connectivity index (χ2n) is 2.50. The first-order chi connectivity index (χ1) is 5.29. The Balaban J connectivity index is 0.00000121. The van der Waals surface area contributed by atoms with E-state index in [1.807, 2.05) is 13.0 Å². The van der Waals surface area contributed by atoms with Crippen LogP contribution in [0, 0.1) is 0 Å². The van der Waals surface area contributed by atoms with E-state index in [4.69, 9.17) is 5.73 Å². The molecule has 0 fully saturated rings. The molecule has 0 aliphatic carbocycles. The Bertz CT molecular complexity index is 201. The lowest BCUT2D eigenvalue weighted by Gasteiger charge is -2.03. The standard InChI is InChI=1S/C9H13NS.ClH/c1-8(10)11-7-9-5-3-2-4-6-9;/h2-6,8H,7,10H2,1H3;1H. The van der Waals surface area contributed by atoms with Gasteiger partial charge in [0, 0.05) is 11.1 Å². The fourth-order valence-corrected chi connectivity index (χ4v) is 1.45. The van der Waals surface area contributed by atoms with Crippen molar-refractivity contribution < 1.29 is 0 Å². The van der Waals surface area contributed by atoms with Gasteiger partial charge in [-0.1, -0.05) is 30.3 Å². The molecule has 1 aromatic carbocycles. The molecule has 0 radical (unpaired) electrons. The van der Waals surface area contributed by atoms with Crippen LogP contribution in [0.2, 0.25) is 0 Å². The summed E-state index contributed by atoms with van der Waals surface area (Å²) in [6, 6.07) is 10.4. The molecule has 1 nitrogen and oxygen atoms in total. The number of rotatable bonds is 3. The van der Waals surface area contributed by atoms with Crippen LogP contribution in [0.25, 0.3) is 0 Å². The van der Waals surface area contributed by atoms with E-state index in [2.05, 4.69) is 24.3 Å². The van der Waals surface area contributed by atoms with Gasteiger partial charge in [-0.05, 0) is 12.5 Å². The summed E-state index contributed by atoms with van der Waals surface area (Å²) < 4.78 is 0. The van der Waals surface area contributed by atoms with E-state index in [0.717, 1.165) is 5.75 Å². The minimum atomic E-state index is 0. The monoisotopic (exact) mass is 203 g/mol. The Labute approximate surface area is 84.1 Å². The molecule has 0 saturated carbocycles. The molecule has 0 aromatic heterocycles. The van der Waals surface area contributed by atoms with E-state index in [-0.39, 0.29) is 17.8 Å². The summed E-state index contributed by atoms with van der Waals surface area (Å²) in [4.78, 5) is 0. The Morgan fingerprint density at radius 3 is 2.42 bits per heavy atom. The number of hydrogen-bond donors (Lipinski definition) is 1. The maximum Gasteiger partial charge on any atom is 0.0481 e. The highest BCUT2D eigenvalue weighted by Gasteiger charge is 1.94. The molecular weight excluding hydrogens is 190 g/mol. The molecule has 68 valence electrons. The molecule has 1 rings (SSSR count). The number of nitrogens with two attached hydrogens (primary N) is 1. The predicted octanol–water partition coefficient (Wildman–Crippen LogP) is 2.65. The zero-order valence-electron chi connectivity index (χ0n) is 7.07. The van der Waals surface area contributed by atoms with Crippen molar-refractivity contribution in [1.29, 1.82) is 0 Å². The molecule has 0 aliphatic rings. The third kappa shape index (κ3) is 4.65. The van der Waals surface area contributed by atoms with Gasteiger partial charge in [0.05, 0.1) is 0 Å². The molecule has 0 aliphatic heterocycles. The largest absolute Gasteiger partial charge is 0.320 e. The van der Waals surface area contributed by atoms with Crippen molar-refractivity contribution in [3.63, 3.8) is 0 Å². The van der Waals surface area contributed by atoms with E-state index in [9.17, 15) is 0 Å². The predicted molar refractivity (Wildman–Crippen MR) is 58.6 cm³/mol. The van der Waals surface area contributed by atoms with E-state index in [1.165, 1.54) is 5.56 Å². The van der Waals surface area contributed by atoms with Gasteiger partial charge in [-0.15, -0.1) is 24.2 Å². The van der Waals surface area contributed by atoms with Crippen molar-refractivity contribution in [1.82, 2.24) is 0 Å². The minimum Gasteiger partial charge on any atom is -0.320 e. The lowest BCUT2D eigenvalue weighted by atomic mass is 10.2. The van der Waals surface area contributed by atoms with Crippen molar-refractivity contribution in [3.05, 3.63) is 35.9 Å². The van der Waals surface area contributed by atoms with E-state index >= 15 is 0 Å². The lowest BCUT2D eigenvalue weighted by molar-refractivity contribution is 1.04. The average Bonchev–Trinajstić information content (AvgIpc) is 2.03. The molecule has 0 amide bonds. The van der Waals surface area contributed by atoms with Crippen LogP contribution in [0.1, 0.15) is 12.5 Å². The van der Waals surface area contributed by atoms with Gasteiger partial charge < -0.3 is 5.73 Å². The van der Waals surface area contributed by atoms with Crippen LogP contribution in [-0.4, -0.2) is 5.37 Å². The normalized spacial score (nSPS) is 11.8. The number of thioether (sulfide) groups is 1. The first kappa shape index (κ1) is 11.8. The van der Waals surface area contributed by atoms with Gasteiger partial charge in [-0.3, -0.25) is 0 Å². The van der Waals surface area contributed by atoms with Crippen LogP contribution < -0.4 is 5.73 Å². The van der Waals surface area contributed by atoms with Gasteiger partial charge in [-0.25, -0.2) is 0 Å². The summed E-state index contributed by atoms with van der Waals surface area (Å²) in [5, 5.41) is 0.232. The zero-order chi connectivity index (χ0) is 8.10. The maximum atomic E-state index is 5.60. The Hall–Kier alpha value is -0.180. The quantitative estimate of drug-likeness (QED) is 0.765. The Morgan fingerprint density at radius 2 is 1.92 bits per heavy atom. The topological polar surface area (TPSA) is 26.0 Å². The third-order valence-corrected chi connectivity index (χ3v) is 2.38. The number of halogens is 1. The molecule has 0 heterocycles. The average molecular weight is 204 g/mol. The molecule has 1 atom stereocenters. The van der Waals surface area contributed by atoms with Gasteiger partial charge in [-0.2, -0.15) is 0 Å². The summed E-state index contributed by atoms with van der Waals surface area (Å²) >= 11 is 1.76. The molecule has 3 heteroatoms. The Kier molecular flexibility index (Phi) is 6.25. The summed E-state index contributed by atoms with van der Waals surface area (Å²) in [6.45, 7) is 2.01. The summed E-state index contributed by atoms with van der Waals surface area (Å²) in [6.07, 6.45) is 0. The van der Waals surface area contributed by atoms with Crippen molar-refractivity contribution in [2.45, 2.75) is 18.1 Å². The minimum absolute atomic E-state index is 0. The second-order valence-corrected chi connectivity index (χ2v) is 3.87. The molecule has 2 N–H and O–H groups in total. The zero-order valence-corrected chi connectivity index (χ0v) is 8.70. The van der Waals surface area contributed by atoms with Crippen molar-refractivity contribution in [2.75, 3.05) is 0 Å². The van der Waals surface area contributed by atoms with Crippen LogP contribution in [0.5, 0.6) is 0 Å².